The average molecular weight is 250 g/mol. The van der Waals surface area contributed by atoms with Gasteiger partial charge < -0.3 is 9.47 Å². The van der Waals surface area contributed by atoms with Crippen molar-refractivity contribution in [2.75, 3.05) is 13.2 Å². The topological polar surface area (TPSA) is 65.0 Å². The third kappa shape index (κ3) is 21.1. The molecule has 104 valence electrons. The van der Waals surface area contributed by atoms with Gasteiger partial charge in [-0.3, -0.25) is 5.26 Å². The number of hydrogen-bond acceptors (Lipinski definition) is 5. The summed E-state index contributed by atoms with van der Waals surface area (Å²) in [5.41, 5.74) is -0.403. The van der Waals surface area contributed by atoms with Crippen molar-refractivity contribution < 1.29 is 24.4 Å². The van der Waals surface area contributed by atoms with E-state index in [4.69, 9.17) is 9.99 Å². The zero-order chi connectivity index (χ0) is 13.9. The van der Waals surface area contributed by atoms with Crippen molar-refractivity contribution in [2.45, 2.75) is 53.6 Å². The first-order valence-electron chi connectivity index (χ1n) is 5.85. The van der Waals surface area contributed by atoms with Gasteiger partial charge in [-0.25, -0.2) is 9.68 Å². The Morgan fingerprint density at radius 3 is 2.00 bits per heavy atom. The Bertz CT molecular complexity index is 184. The van der Waals surface area contributed by atoms with Crippen LogP contribution in [0.1, 0.15) is 48.0 Å². The molecule has 0 aliphatic carbocycles. The molecule has 0 aliphatic rings. The summed E-state index contributed by atoms with van der Waals surface area (Å²) in [5, 5.41) is 7.90. The van der Waals surface area contributed by atoms with Crippen molar-refractivity contribution >= 4 is 6.16 Å². The summed E-state index contributed by atoms with van der Waals surface area (Å²) < 4.78 is 9.42. The molecule has 5 nitrogen and oxygen atoms in total. The lowest BCUT2D eigenvalue weighted by molar-refractivity contribution is -0.306. The average Bonchev–Trinajstić information content (AvgIpc) is 2.23. The molecule has 0 aromatic rings. The Hall–Kier alpha value is -0.810. The van der Waals surface area contributed by atoms with E-state index in [1.165, 1.54) is 0 Å². The maximum Gasteiger partial charge on any atom is 0.508 e. The number of carbonyl (C=O) groups is 1. The molecule has 1 N–H and O–H groups in total. The molecule has 0 atom stereocenters. The number of rotatable bonds is 4. The van der Waals surface area contributed by atoms with E-state index in [9.17, 15) is 4.79 Å². The second-order valence-corrected chi connectivity index (χ2v) is 5.01. The SMILES string of the molecule is CC(C)(C)OO.CCCOC(=O)OCC(C)C. The smallest absolute Gasteiger partial charge is 0.434 e. The van der Waals surface area contributed by atoms with Crippen molar-refractivity contribution in [3.05, 3.63) is 0 Å². The van der Waals surface area contributed by atoms with Gasteiger partial charge in [0.2, 0.25) is 0 Å². The first kappa shape index (κ1) is 18.6. The highest BCUT2D eigenvalue weighted by Crippen LogP contribution is 2.01. The molecule has 0 rings (SSSR count). The van der Waals surface area contributed by atoms with Crippen LogP contribution in [0.25, 0.3) is 0 Å². The quantitative estimate of drug-likeness (QED) is 0.470. The van der Waals surface area contributed by atoms with Crippen LogP contribution in [0, 0.1) is 5.92 Å². The van der Waals surface area contributed by atoms with Gasteiger partial charge >= 0.3 is 6.16 Å². The van der Waals surface area contributed by atoms with Crippen LogP contribution in [0.4, 0.5) is 4.79 Å². The molecule has 0 amide bonds. The molecule has 5 heteroatoms. The third-order valence-corrected chi connectivity index (χ3v) is 1.23. The predicted octanol–water partition coefficient (Wildman–Crippen LogP) is 3.48. The second kappa shape index (κ2) is 10.4. The minimum absolute atomic E-state index is 0.365. The van der Waals surface area contributed by atoms with Gasteiger partial charge in [-0.05, 0) is 33.1 Å². The van der Waals surface area contributed by atoms with Crippen LogP contribution in [0.15, 0.2) is 0 Å². The van der Waals surface area contributed by atoms with E-state index in [0.29, 0.717) is 19.1 Å². The van der Waals surface area contributed by atoms with Crippen LogP contribution in [0.2, 0.25) is 0 Å². The van der Waals surface area contributed by atoms with Crippen LogP contribution >= 0.6 is 0 Å². The van der Waals surface area contributed by atoms with Gasteiger partial charge in [0.05, 0.1) is 18.8 Å². The third-order valence-electron chi connectivity index (χ3n) is 1.23. The zero-order valence-corrected chi connectivity index (χ0v) is 11.8. The van der Waals surface area contributed by atoms with Gasteiger partial charge in [0.1, 0.15) is 0 Å². The standard InChI is InChI=1S/C8H16O3.C4H10O2/c1-4-5-10-8(9)11-6-7(2)3;1-4(2,3)6-5/h7H,4-6H2,1-3H3;5H,1-3H3. The molecule has 0 spiro atoms. The van der Waals surface area contributed by atoms with E-state index in [2.05, 4.69) is 9.62 Å². The number of ether oxygens (including phenoxy) is 2. The fourth-order valence-electron chi connectivity index (χ4n) is 0.462. The summed E-state index contributed by atoms with van der Waals surface area (Å²) in [7, 11) is 0. The van der Waals surface area contributed by atoms with Gasteiger partial charge in [0.25, 0.3) is 0 Å². The normalized spacial score (nSPS) is 10.6. The Labute approximate surface area is 104 Å². The van der Waals surface area contributed by atoms with E-state index in [1.807, 2.05) is 20.8 Å². The van der Waals surface area contributed by atoms with E-state index < -0.39 is 11.8 Å². The molecule has 0 aromatic carbocycles. The molecule has 17 heavy (non-hydrogen) atoms. The van der Waals surface area contributed by atoms with Crippen LogP contribution in [-0.2, 0) is 14.4 Å². The first-order chi connectivity index (χ1) is 7.72. The first-order valence-corrected chi connectivity index (χ1v) is 5.85. The summed E-state index contributed by atoms with van der Waals surface area (Å²) in [4.78, 5) is 14.6. The summed E-state index contributed by atoms with van der Waals surface area (Å²) in [6, 6.07) is 0. The molecular formula is C12H26O5. The maximum absolute atomic E-state index is 10.7. The molecule has 0 unspecified atom stereocenters. The molecule has 0 heterocycles. The lowest BCUT2D eigenvalue weighted by atomic mass is 10.2. The monoisotopic (exact) mass is 250 g/mol. The molecule has 0 aliphatic heterocycles. The summed E-state index contributed by atoms with van der Waals surface area (Å²) in [6.45, 7) is 12.1. The van der Waals surface area contributed by atoms with E-state index in [1.54, 1.807) is 20.8 Å². The Balaban J connectivity index is 0. The van der Waals surface area contributed by atoms with Gasteiger partial charge in [-0.2, -0.15) is 0 Å². The molecular weight excluding hydrogens is 224 g/mol. The highest BCUT2D eigenvalue weighted by molar-refractivity contribution is 5.59. The molecule has 0 fully saturated rings. The summed E-state index contributed by atoms with van der Waals surface area (Å²) >= 11 is 0. The molecule has 0 saturated heterocycles. The summed E-state index contributed by atoms with van der Waals surface area (Å²) in [6.07, 6.45) is 0.275. The maximum atomic E-state index is 10.7. The second-order valence-electron chi connectivity index (χ2n) is 5.01. The minimum Gasteiger partial charge on any atom is -0.434 e. The number of carbonyl (C=O) groups excluding carboxylic acids is 1. The highest BCUT2D eigenvalue weighted by Gasteiger charge is 2.07. The van der Waals surface area contributed by atoms with Crippen LogP contribution in [-0.4, -0.2) is 30.2 Å². The zero-order valence-electron chi connectivity index (χ0n) is 11.8. The molecule has 0 radical (unpaired) electrons. The fraction of sp³-hybridized carbons (Fsp3) is 0.917. The van der Waals surface area contributed by atoms with Gasteiger partial charge in [-0.1, -0.05) is 20.8 Å². The van der Waals surface area contributed by atoms with Crippen molar-refractivity contribution in [2.24, 2.45) is 5.92 Å². The van der Waals surface area contributed by atoms with Crippen molar-refractivity contribution in [1.29, 1.82) is 0 Å². The van der Waals surface area contributed by atoms with Crippen LogP contribution in [0.3, 0.4) is 0 Å². The lowest BCUT2D eigenvalue weighted by Gasteiger charge is -2.10. The Kier molecular flexibility index (Phi) is 11.3. The van der Waals surface area contributed by atoms with Crippen molar-refractivity contribution in [1.82, 2.24) is 0 Å². The summed E-state index contributed by atoms with van der Waals surface area (Å²) in [5.74, 6) is 0.365. The van der Waals surface area contributed by atoms with E-state index in [0.717, 1.165) is 6.42 Å². The van der Waals surface area contributed by atoms with Crippen molar-refractivity contribution in [3.8, 4) is 0 Å². The van der Waals surface area contributed by atoms with Crippen LogP contribution < -0.4 is 0 Å². The Morgan fingerprint density at radius 2 is 1.71 bits per heavy atom. The molecule has 0 aromatic heterocycles. The largest absolute Gasteiger partial charge is 0.508 e. The number of hydrogen-bond donors (Lipinski definition) is 1. The minimum atomic E-state index is -0.555. The molecule has 0 saturated carbocycles. The highest BCUT2D eigenvalue weighted by atomic mass is 17.1. The van der Waals surface area contributed by atoms with Crippen molar-refractivity contribution in [3.63, 3.8) is 0 Å². The lowest BCUT2D eigenvalue weighted by Crippen LogP contribution is -2.15. The van der Waals surface area contributed by atoms with Gasteiger partial charge in [-0.15, -0.1) is 0 Å². The van der Waals surface area contributed by atoms with Crippen LogP contribution in [0.5, 0.6) is 0 Å². The van der Waals surface area contributed by atoms with E-state index >= 15 is 0 Å². The Morgan fingerprint density at radius 1 is 1.24 bits per heavy atom. The molecule has 0 bridgehead atoms. The fourth-order valence-corrected chi connectivity index (χ4v) is 0.462. The van der Waals surface area contributed by atoms with E-state index in [-0.39, 0.29) is 0 Å². The van der Waals surface area contributed by atoms with Gasteiger partial charge in [0, 0.05) is 0 Å². The predicted molar refractivity (Wildman–Crippen MR) is 65.9 cm³/mol. The van der Waals surface area contributed by atoms with Gasteiger partial charge in [0.15, 0.2) is 0 Å².